The molecule has 0 fully saturated rings. The second-order valence-electron chi connectivity index (χ2n) is 5.63. The SMILES string of the molecule is Oc1ccccc1CC(Cc1ccccc1)c1ccccc1. The van der Waals surface area contributed by atoms with E-state index in [0.717, 1.165) is 18.4 Å². The van der Waals surface area contributed by atoms with Crippen molar-refractivity contribution in [1.29, 1.82) is 0 Å². The monoisotopic (exact) mass is 288 g/mol. The van der Waals surface area contributed by atoms with Crippen molar-refractivity contribution in [2.45, 2.75) is 18.8 Å². The fourth-order valence-corrected chi connectivity index (χ4v) is 2.88. The number of rotatable bonds is 5. The van der Waals surface area contributed by atoms with Crippen LogP contribution in [0.4, 0.5) is 0 Å². The highest BCUT2D eigenvalue weighted by molar-refractivity contribution is 5.35. The van der Waals surface area contributed by atoms with Gasteiger partial charge in [-0.2, -0.15) is 0 Å². The lowest BCUT2D eigenvalue weighted by atomic mass is 9.86. The summed E-state index contributed by atoms with van der Waals surface area (Å²) >= 11 is 0. The molecule has 0 aliphatic carbocycles. The maximum Gasteiger partial charge on any atom is 0.118 e. The third kappa shape index (κ3) is 3.56. The molecule has 1 heteroatoms. The van der Waals surface area contributed by atoms with Gasteiger partial charge in [-0.3, -0.25) is 0 Å². The molecule has 0 aliphatic rings. The molecule has 1 N–H and O–H groups in total. The Balaban J connectivity index is 1.88. The van der Waals surface area contributed by atoms with Crippen LogP contribution in [-0.2, 0) is 12.8 Å². The molecule has 110 valence electrons. The van der Waals surface area contributed by atoms with Crippen LogP contribution in [0.3, 0.4) is 0 Å². The van der Waals surface area contributed by atoms with Gasteiger partial charge < -0.3 is 5.11 Å². The van der Waals surface area contributed by atoms with E-state index in [4.69, 9.17) is 0 Å². The molecule has 22 heavy (non-hydrogen) atoms. The lowest BCUT2D eigenvalue weighted by Crippen LogP contribution is -2.07. The Hall–Kier alpha value is -2.54. The highest BCUT2D eigenvalue weighted by Crippen LogP contribution is 2.28. The van der Waals surface area contributed by atoms with Gasteiger partial charge in [0.2, 0.25) is 0 Å². The van der Waals surface area contributed by atoms with Gasteiger partial charge in [0.1, 0.15) is 5.75 Å². The third-order valence-corrected chi connectivity index (χ3v) is 4.05. The van der Waals surface area contributed by atoms with E-state index in [1.54, 1.807) is 6.07 Å². The molecule has 0 saturated carbocycles. The minimum Gasteiger partial charge on any atom is -0.508 e. The van der Waals surface area contributed by atoms with Gasteiger partial charge in [0, 0.05) is 0 Å². The molecule has 1 atom stereocenters. The van der Waals surface area contributed by atoms with E-state index >= 15 is 0 Å². The van der Waals surface area contributed by atoms with Crippen LogP contribution in [-0.4, -0.2) is 5.11 Å². The number of hydrogen-bond donors (Lipinski definition) is 1. The standard InChI is InChI=1S/C21H20O/c22-21-14-8-7-13-19(21)16-20(18-11-5-2-6-12-18)15-17-9-3-1-4-10-17/h1-14,20,22H,15-16H2. The second-order valence-corrected chi connectivity index (χ2v) is 5.63. The summed E-state index contributed by atoms with van der Waals surface area (Å²) in [5, 5.41) is 10.1. The second kappa shape index (κ2) is 6.95. The molecule has 1 nitrogen and oxygen atoms in total. The van der Waals surface area contributed by atoms with E-state index < -0.39 is 0 Å². The van der Waals surface area contributed by atoms with Crippen LogP contribution in [0.1, 0.15) is 22.6 Å². The molecule has 3 aromatic rings. The van der Waals surface area contributed by atoms with Crippen molar-refractivity contribution in [3.05, 3.63) is 102 Å². The Bertz CT molecular complexity index is 704. The van der Waals surface area contributed by atoms with Crippen LogP contribution in [0.15, 0.2) is 84.9 Å². The van der Waals surface area contributed by atoms with E-state index in [1.807, 2.05) is 30.3 Å². The van der Waals surface area contributed by atoms with Gasteiger partial charge in [-0.1, -0.05) is 78.9 Å². The summed E-state index contributed by atoms with van der Waals surface area (Å²) in [4.78, 5) is 0. The Kier molecular flexibility index (Phi) is 4.55. The first kappa shape index (κ1) is 14.4. The average Bonchev–Trinajstić information content (AvgIpc) is 2.58. The molecule has 3 aromatic carbocycles. The summed E-state index contributed by atoms with van der Waals surface area (Å²) in [5.74, 6) is 0.744. The van der Waals surface area contributed by atoms with E-state index in [0.29, 0.717) is 11.7 Å². The lowest BCUT2D eigenvalue weighted by molar-refractivity contribution is 0.464. The van der Waals surface area contributed by atoms with Gasteiger partial charge in [-0.25, -0.2) is 0 Å². The Labute approximate surface area is 131 Å². The third-order valence-electron chi connectivity index (χ3n) is 4.05. The number of para-hydroxylation sites is 1. The van der Waals surface area contributed by atoms with Crippen LogP contribution >= 0.6 is 0 Å². The molecule has 3 rings (SSSR count). The molecule has 1 unspecified atom stereocenters. The topological polar surface area (TPSA) is 20.2 Å². The van der Waals surface area contributed by atoms with E-state index in [2.05, 4.69) is 48.5 Å². The van der Waals surface area contributed by atoms with Crippen LogP contribution < -0.4 is 0 Å². The largest absolute Gasteiger partial charge is 0.508 e. The summed E-state index contributed by atoms with van der Waals surface area (Å²) in [6.45, 7) is 0. The average molecular weight is 288 g/mol. The Morgan fingerprint density at radius 1 is 0.636 bits per heavy atom. The van der Waals surface area contributed by atoms with E-state index in [-0.39, 0.29) is 0 Å². The summed E-state index contributed by atoms with van der Waals surface area (Å²) in [6.07, 6.45) is 1.81. The molecule has 0 amide bonds. The predicted molar refractivity (Wildman–Crippen MR) is 91.1 cm³/mol. The summed E-state index contributed by atoms with van der Waals surface area (Å²) in [6, 6.07) is 28.7. The summed E-state index contributed by atoms with van der Waals surface area (Å²) in [5.41, 5.74) is 3.65. The molecule has 0 saturated heterocycles. The fraction of sp³-hybridized carbons (Fsp3) is 0.143. The molecule has 0 bridgehead atoms. The minimum atomic E-state index is 0.358. The highest BCUT2D eigenvalue weighted by Gasteiger charge is 2.15. The summed E-state index contributed by atoms with van der Waals surface area (Å²) in [7, 11) is 0. The fourth-order valence-electron chi connectivity index (χ4n) is 2.88. The first-order chi connectivity index (χ1) is 10.8. The van der Waals surface area contributed by atoms with Crippen LogP contribution in [0, 0.1) is 0 Å². The van der Waals surface area contributed by atoms with Crippen LogP contribution in [0.2, 0.25) is 0 Å². The number of phenolic OH excluding ortho intramolecular Hbond substituents is 1. The quantitative estimate of drug-likeness (QED) is 0.703. The van der Waals surface area contributed by atoms with Gasteiger partial charge in [-0.15, -0.1) is 0 Å². The molecule has 0 aromatic heterocycles. The Morgan fingerprint density at radius 2 is 1.23 bits per heavy atom. The van der Waals surface area contributed by atoms with Crippen molar-refractivity contribution in [2.24, 2.45) is 0 Å². The van der Waals surface area contributed by atoms with Crippen molar-refractivity contribution in [2.75, 3.05) is 0 Å². The van der Waals surface area contributed by atoms with Crippen molar-refractivity contribution < 1.29 is 5.11 Å². The molecule has 0 spiro atoms. The first-order valence-corrected chi connectivity index (χ1v) is 7.68. The zero-order valence-corrected chi connectivity index (χ0v) is 12.5. The maximum absolute atomic E-state index is 10.1. The van der Waals surface area contributed by atoms with Crippen molar-refractivity contribution in [1.82, 2.24) is 0 Å². The number of aromatic hydroxyl groups is 1. The van der Waals surface area contributed by atoms with Gasteiger partial charge in [0.05, 0.1) is 0 Å². The molecular weight excluding hydrogens is 268 g/mol. The van der Waals surface area contributed by atoms with Crippen LogP contribution in [0.25, 0.3) is 0 Å². The van der Waals surface area contributed by atoms with Gasteiger partial charge in [-0.05, 0) is 41.5 Å². The van der Waals surface area contributed by atoms with E-state index in [9.17, 15) is 5.11 Å². The molecule has 0 heterocycles. The predicted octanol–water partition coefficient (Wildman–Crippen LogP) is 4.96. The van der Waals surface area contributed by atoms with E-state index in [1.165, 1.54) is 11.1 Å². The summed E-state index contributed by atoms with van der Waals surface area (Å²) < 4.78 is 0. The molecule has 0 radical (unpaired) electrons. The lowest BCUT2D eigenvalue weighted by Gasteiger charge is -2.18. The van der Waals surface area contributed by atoms with Crippen molar-refractivity contribution >= 4 is 0 Å². The smallest absolute Gasteiger partial charge is 0.118 e. The zero-order valence-electron chi connectivity index (χ0n) is 12.5. The van der Waals surface area contributed by atoms with Gasteiger partial charge in [0.25, 0.3) is 0 Å². The van der Waals surface area contributed by atoms with Crippen molar-refractivity contribution in [3.63, 3.8) is 0 Å². The highest BCUT2D eigenvalue weighted by atomic mass is 16.3. The zero-order chi connectivity index (χ0) is 15.2. The number of phenols is 1. The minimum absolute atomic E-state index is 0.358. The first-order valence-electron chi connectivity index (χ1n) is 7.68. The Morgan fingerprint density at radius 3 is 1.91 bits per heavy atom. The molecule has 0 aliphatic heterocycles. The van der Waals surface area contributed by atoms with Gasteiger partial charge in [0.15, 0.2) is 0 Å². The number of hydrogen-bond acceptors (Lipinski definition) is 1. The van der Waals surface area contributed by atoms with Crippen molar-refractivity contribution in [3.8, 4) is 5.75 Å². The molecular formula is C21H20O. The van der Waals surface area contributed by atoms with Crippen LogP contribution in [0.5, 0.6) is 5.75 Å². The van der Waals surface area contributed by atoms with Gasteiger partial charge >= 0.3 is 0 Å². The number of benzene rings is 3. The normalized spacial score (nSPS) is 12.0. The maximum atomic E-state index is 10.1.